The summed E-state index contributed by atoms with van der Waals surface area (Å²) >= 11 is 0. The van der Waals surface area contributed by atoms with E-state index in [4.69, 9.17) is 0 Å². The van der Waals surface area contributed by atoms with E-state index in [2.05, 4.69) is 0 Å². The number of rotatable bonds is 5. The van der Waals surface area contributed by atoms with E-state index in [0.717, 1.165) is 0 Å². The van der Waals surface area contributed by atoms with Crippen LogP contribution in [0.3, 0.4) is 0 Å². The number of alkyl halides is 15. The highest BCUT2D eigenvalue weighted by Gasteiger charge is 2.75. The Kier molecular flexibility index (Phi) is 9.67. The zero-order chi connectivity index (χ0) is 34.2. The molecule has 0 spiro atoms. The molecular formula is C24H31F15O4. The number of hydrogen-bond donors (Lipinski definition) is 4. The molecule has 8 unspecified atom stereocenters. The maximum absolute atomic E-state index is 13.7. The summed E-state index contributed by atoms with van der Waals surface area (Å²) in [6.07, 6.45) is -37.4. The second-order valence-corrected chi connectivity index (χ2v) is 12.4. The minimum Gasteiger partial charge on any atom is -0.380 e. The molecule has 256 valence electrons. The third kappa shape index (κ3) is 6.69. The third-order valence-electron chi connectivity index (χ3n) is 9.72. The van der Waals surface area contributed by atoms with E-state index < -0.39 is 127 Å². The first-order valence-electron chi connectivity index (χ1n) is 12.9. The molecule has 2 rings (SSSR count). The second-order valence-electron chi connectivity index (χ2n) is 12.4. The molecule has 0 aromatic heterocycles. The van der Waals surface area contributed by atoms with Gasteiger partial charge in [-0.3, -0.25) is 0 Å². The molecule has 0 bridgehead atoms. The topological polar surface area (TPSA) is 80.9 Å². The van der Waals surface area contributed by atoms with Crippen LogP contribution in [0.25, 0.3) is 0 Å². The molecular weight excluding hydrogens is 637 g/mol. The summed E-state index contributed by atoms with van der Waals surface area (Å²) < 4.78 is 206. The number of aliphatic hydroxyl groups is 4. The summed E-state index contributed by atoms with van der Waals surface area (Å²) in [5.41, 5.74) is -17.3. The van der Waals surface area contributed by atoms with Gasteiger partial charge in [-0.1, -0.05) is 0 Å². The van der Waals surface area contributed by atoms with Gasteiger partial charge in [0.15, 0.2) is 16.8 Å². The van der Waals surface area contributed by atoms with E-state index in [1.807, 2.05) is 0 Å². The van der Waals surface area contributed by atoms with Crippen LogP contribution in [0.15, 0.2) is 0 Å². The van der Waals surface area contributed by atoms with E-state index in [9.17, 15) is 86.3 Å². The quantitative estimate of drug-likeness (QED) is 0.242. The Balaban J connectivity index is 2.74. The predicted molar refractivity (Wildman–Crippen MR) is 116 cm³/mol. The van der Waals surface area contributed by atoms with Gasteiger partial charge in [0.05, 0.1) is 0 Å². The molecule has 0 radical (unpaired) electrons. The Morgan fingerprint density at radius 3 is 0.767 bits per heavy atom. The van der Waals surface area contributed by atoms with Crippen LogP contribution < -0.4 is 0 Å². The van der Waals surface area contributed by atoms with Gasteiger partial charge >= 0.3 is 30.9 Å². The van der Waals surface area contributed by atoms with Crippen LogP contribution in [0.4, 0.5) is 65.9 Å². The van der Waals surface area contributed by atoms with Crippen LogP contribution in [-0.4, -0.2) is 73.7 Å². The number of halogens is 15. The van der Waals surface area contributed by atoms with E-state index in [1.54, 1.807) is 0 Å². The SMILES string of the molecule is CC(O)(C1CC(C2CC(C(C)(O)C(F)(F)F)CC(C(O)(C(F)(F)F)C(F)(F)F)C2)CC(C(C)(O)C(F)(F)F)C1)C(F)(F)F. The van der Waals surface area contributed by atoms with Gasteiger partial charge in [0.25, 0.3) is 5.60 Å². The normalized spacial score (nSPS) is 33.3. The summed E-state index contributed by atoms with van der Waals surface area (Å²) in [5.74, 6) is -13.9. The molecule has 2 fully saturated rings. The molecule has 19 heteroatoms. The Hall–Kier alpha value is -1.21. The first-order valence-corrected chi connectivity index (χ1v) is 12.9. The molecule has 2 aliphatic rings. The van der Waals surface area contributed by atoms with Crippen LogP contribution in [0, 0.1) is 35.5 Å². The molecule has 0 aromatic rings. The first-order chi connectivity index (χ1) is 18.6. The summed E-state index contributed by atoms with van der Waals surface area (Å²) in [5, 5.41) is 40.7. The monoisotopic (exact) mass is 668 g/mol. The third-order valence-corrected chi connectivity index (χ3v) is 9.72. The lowest BCUT2D eigenvalue weighted by molar-refractivity contribution is -0.391. The standard InChI is InChI=1S/C24H31F15O4/c1-16(40,20(25,26)27)12-4-10(5-13(8-12)17(2,41)21(28,29)30)11-6-14(18(3,42)22(31,32)33)9-15(7-11)19(43,23(34,35)36)24(37,38)39/h10-15,40-43H,4-9H2,1-3H3. The van der Waals surface area contributed by atoms with Crippen molar-refractivity contribution in [2.24, 2.45) is 35.5 Å². The molecule has 2 saturated carbocycles. The van der Waals surface area contributed by atoms with Gasteiger partial charge in [-0.2, -0.15) is 65.9 Å². The molecule has 2 aliphatic carbocycles. The van der Waals surface area contributed by atoms with Crippen LogP contribution in [-0.2, 0) is 0 Å². The zero-order valence-electron chi connectivity index (χ0n) is 22.7. The Morgan fingerprint density at radius 1 is 0.349 bits per heavy atom. The summed E-state index contributed by atoms with van der Waals surface area (Å²) in [6.45, 7) is 0.353. The molecule has 0 aliphatic heterocycles. The van der Waals surface area contributed by atoms with Crippen LogP contribution in [0.1, 0.15) is 59.3 Å². The van der Waals surface area contributed by atoms with Crippen molar-refractivity contribution in [3.63, 3.8) is 0 Å². The van der Waals surface area contributed by atoms with Gasteiger partial charge < -0.3 is 20.4 Å². The van der Waals surface area contributed by atoms with Gasteiger partial charge in [0, 0.05) is 5.92 Å². The van der Waals surface area contributed by atoms with Gasteiger partial charge in [-0.05, 0) is 88.9 Å². The number of hydrogen-bond acceptors (Lipinski definition) is 4. The molecule has 4 nitrogen and oxygen atoms in total. The lowest BCUT2D eigenvalue weighted by atomic mass is 9.56. The van der Waals surface area contributed by atoms with Crippen LogP contribution in [0.2, 0.25) is 0 Å². The maximum Gasteiger partial charge on any atom is 0.426 e. The predicted octanol–water partition coefficient (Wildman–Crippen LogP) is 6.85. The van der Waals surface area contributed by atoms with Crippen molar-refractivity contribution in [1.29, 1.82) is 0 Å². The fraction of sp³-hybridized carbons (Fsp3) is 1.00. The molecule has 0 amide bonds. The van der Waals surface area contributed by atoms with E-state index in [1.165, 1.54) is 0 Å². The van der Waals surface area contributed by atoms with Crippen molar-refractivity contribution >= 4 is 0 Å². The maximum atomic E-state index is 13.7. The van der Waals surface area contributed by atoms with E-state index in [0.29, 0.717) is 0 Å². The molecule has 0 aromatic carbocycles. The first kappa shape index (κ1) is 38.0. The van der Waals surface area contributed by atoms with Crippen molar-refractivity contribution < 1.29 is 86.3 Å². The van der Waals surface area contributed by atoms with Gasteiger partial charge in [0.2, 0.25) is 0 Å². The van der Waals surface area contributed by atoms with E-state index in [-0.39, 0.29) is 20.8 Å². The van der Waals surface area contributed by atoms with Crippen LogP contribution in [0.5, 0.6) is 0 Å². The van der Waals surface area contributed by atoms with E-state index >= 15 is 0 Å². The Bertz CT molecular complexity index is 928. The average Bonchev–Trinajstić information content (AvgIpc) is 2.79. The summed E-state index contributed by atoms with van der Waals surface area (Å²) in [4.78, 5) is 0. The minimum absolute atomic E-state index is 0.0344. The highest BCUT2D eigenvalue weighted by Crippen LogP contribution is 2.60. The molecule has 4 N–H and O–H groups in total. The van der Waals surface area contributed by atoms with Crippen molar-refractivity contribution in [3.8, 4) is 0 Å². The summed E-state index contributed by atoms with van der Waals surface area (Å²) in [6, 6.07) is 0. The summed E-state index contributed by atoms with van der Waals surface area (Å²) in [7, 11) is 0. The van der Waals surface area contributed by atoms with Crippen molar-refractivity contribution in [3.05, 3.63) is 0 Å². The van der Waals surface area contributed by atoms with Crippen LogP contribution >= 0.6 is 0 Å². The minimum atomic E-state index is -6.55. The molecule has 0 saturated heterocycles. The van der Waals surface area contributed by atoms with Crippen molar-refractivity contribution in [2.75, 3.05) is 0 Å². The molecule has 8 atom stereocenters. The van der Waals surface area contributed by atoms with Gasteiger partial charge in [0.1, 0.15) is 0 Å². The fourth-order valence-electron chi connectivity index (χ4n) is 6.53. The highest BCUT2D eigenvalue weighted by molar-refractivity contribution is 5.07. The Morgan fingerprint density at radius 2 is 0.558 bits per heavy atom. The highest BCUT2D eigenvalue weighted by atomic mass is 19.4. The largest absolute Gasteiger partial charge is 0.426 e. The van der Waals surface area contributed by atoms with Crippen molar-refractivity contribution in [1.82, 2.24) is 0 Å². The smallest absolute Gasteiger partial charge is 0.380 e. The zero-order valence-corrected chi connectivity index (χ0v) is 22.7. The lowest BCUT2D eigenvalue weighted by Crippen LogP contribution is -2.64. The molecule has 0 heterocycles. The average molecular weight is 668 g/mol. The van der Waals surface area contributed by atoms with Crippen molar-refractivity contribution in [2.45, 2.75) is 113 Å². The fourth-order valence-corrected chi connectivity index (χ4v) is 6.53. The van der Waals surface area contributed by atoms with Gasteiger partial charge in [-0.25, -0.2) is 0 Å². The second kappa shape index (κ2) is 11.0. The lowest BCUT2D eigenvalue weighted by Gasteiger charge is -2.52. The van der Waals surface area contributed by atoms with Gasteiger partial charge in [-0.15, -0.1) is 0 Å². The molecule has 43 heavy (non-hydrogen) atoms. The Labute approximate surface area is 235 Å².